The SMILES string of the molecule is COC(=O)/C(=C/C1CCCC1)c1ccc(SC)nc1. The Morgan fingerprint density at radius 1 is 1.42 bits per heavy atom. The van der Waals surface area contributed by atoms with Crippen LogP contribution in [0.25, 0.3) is 5.57 Å². The number of esters is 1. The van der Waals surface area contributed by atoms with Crippen molar-refractivity contribution in [3.8, 4) is 0 Å². The van der Waals surface area contributed by atoms with Gasteiger partial charge in [-0.3, -0.25) is 0 Å². The van der Waals surface area contributed by atoms with Gasteiger partial charge in [-0.05, 0) is 37.1 Å². The fourth-order valence-corrected chi connectivity index (χ4v) is 2.77. The number of allylic oxidation sites excluding steroid dienone is 1. The molecule has 102 valence electrons. The molecule has 1 aromatic heterocycles. The monoisotopic (exact) mass is 277 g/mol. The van der Waals surface area contributed by atoms with E-state index >= 15 is 0 Å². The van der Waals surface area contributed by atoms with Gasteiger partial charge in [0.25, 0.3) is 0 Å². The Kier molecular flexibility index (Phi) is 5.02. The highest BCUT2D eigenvalue weighted by Gasteiger charge is 2.18. The van der Waals surface area contributed by atoms with Crippen molar-refractivity contribution in [2.45, 2.75) is 30.7 Å². The van der Waals surface area contributed by atoms with E-state index in [-0.39, 0.29) is 5.97 Å². The first-order valence-electron chi connectivity index (χ1n) is 6.55. The van der Waals surface area contributed by atoms with Crippen LogP contribution in [0.2, 0.25) is 0 Å². The number of methoxy groups -OCH3 is 1. The van der Waals surface area contributed by atoms with Crippen LogP contribution in [-0.2, 0) is 9.53 Å². The van der Waals surface area contributed by atoms with Crippen LogP contribution in [0.5, 0.6) is 0 Å². The normalized spacial score (nSPS) is 16.6. The molecule has 1 heterocycles. The second-order valence-electron chi connectivity index (χ2n) is 4.71. The van der Waals surface area contributed by atoms with Gasteiger partial charge in [-0.25, -0.2) is 9.78 Å². The van der Waals surface area contributed by atoms with Gasteiger partial charge in [0, 0.05) is 11.8 Å². The van der Waals surface area contributed by atoms with Crippen LogP contribution in [-0.4, -0.2) is 24.3 Å². The molecule has 0 amide bonds. The van der Waals surface area contributed by atoms with E-state index in [4.69, 9.17) is 4.74 Å². The summed E-state index contributed by atoms with van der Waals surface area (Å²) in [4.78, 5) is 16.3. The molecule has 0 aliphatic heterocycles. The lowest BCUT2D eigenvalue weighted by atomic mass is 10.00. The summed E-state index contributed by atoms with van der Waals surface area (Å²) in [6.07, 6.45) is 10.6. The molecule has 3 nitrogen and oxygen atoms in total. The molecule has 0 N–H and O–H groups in total. The molecule has 1 aliphatic rings. The smallest absolute Gasteiger partial charge is 0.338 e. The van der Waals surface area contributed by atoms with E-state index in [9.17, 15) is 4.79 Å². The summed E-state index contributed by atoms with van der Waals surface area (Å²) in [6.45, 7) is 0. The largest absolute Gasteiger partial charge is 0.465 e. The molecule has 1 aliphatic carbocycles. The molecule has 0 saturated heterocycles. The fourth-order valence-electron chi connectivity index (χ4n) is 2.41. The zero-order valence-corrected chi connectivity index (χ0v) is 12.2. The molecule has 19 heavy (non-hydrogen) atoms. The average molecular weight is 277 g/mol. The lowest BCUT2D eigenvalue weighted by Gasteiger charge is -2.09. The second kappa shape index (κ2) is 6.75. The molecule has 1 saturated carbocycles. The summed E-state index contributed by atoms with van der Waals surface area (Å²) < 4.78 is 4.89. The average Bonchev–Trinajstić information content (AvgIpc) is 2.97. The number of carbonyl (C=O) groups excluding carboxylic acids is 1. The Morgan fingerprint density at radius 3 is 2.68 bits per heavy atom. The summed E-state index contributed by atoms with van der Waals surface area (Å²) in [6, 6.07) is 3.88. The lowest BCUT2D eigenvalue weighted by molar-refractivity contribution is -0.133. The minimum Gasteiger partial charge on any atom is -0.465 e. The number of nitrogens with zero attached hydrogens (tertiary/aromatic N) is 1. The van der Waals surface area contributed by atoms with E-state index in [2.05, 4.69) is 11.1 Å². The molecule has 0 aromatic carbocycles. The highest BCUT2D eigenvalue weighted by molar-refractivity contribution is 7.98. The molecular weight excluding hydrogens is 258 g/mol. The molecule has 0 bridgehead atoms. The van der Waals surface area contributed by atoms with E-state index in [1.165, 1.54) is 20.0 Å². The van der Waals surface area contributed by atoms with Crippen LogP contribution in [0, 0.1) is 5.92 Å². The standard InChI is InChI=1S/C15H19NO2S/c1-18-15(17)13(9-11-5-3-4-6-11)12-7-8-14(19-2)16-10-12/h7-11H,3-6H2,1-2H3/b13-9+. The summed E-state index contributed by atoms with van der Waals surface area (Å²) in [5, 5.41) is 0.953. The minimum atomic E-state index is -0.273. The van der Waals surface area contributed by atoms with Gasteiger partial charge in [-0.15, -0.1) is 11.8 Å². The minimum absolute atomic E-state index is 0.273. The Morgan fingerprint density at radius 2 is 2.16 bits per heavy atom. The number of ether oxygens (including phenoxy) is 1. The van der Waals surface area contributed by atoms with Gasteiger partial charge >= 0.3 is 5.97 Å². The Balaban J connectivity index is 2.27. The number of hydrogen-bond acceptors (Lipinski definition) is 4. The molecule has 0 atom stereocenters. The number of aromatic nitrogens is 1. The molecule has 0 unspecified atom stereocenters. The molecular formula is C15H19NO2S. The lowest BCUT2D eigenvalue weighted by Crippen LogP contribution is -2.06. The first-order chi connectivity index (χ1) is 9.24. The highest BCUT2D eigenvalue weighted by Crippen LogP contribution is 2.29. The Hall–Kier alpha value is -1.29. The zero-order valence-electron chi connectivity index (χ0n) is 11.4. The predicted molar refractivity (Wildman–Crippen MR) is 78.0 cm³/mol. The first-order valence-corrected chi connectivity index (χ1v) is 7.77. The predicted octanol–water partition coefficient (Wildman–Crippen LogP) is 3.55. The van der Waals surface area contributed by atoms with Crippen molar-refractivity contribution in [1.82, 2.24) is 4.98 Å². The first kappa shape index (κ1) is 14.1. The van der Waals surface area contributed by atoms with Crippen LogP contribution in [0.4, 0.5) is 0 Å². The number of thioether (sulfide) groups is 1. The van der Waals surface area contributed by atoms with Crippen molar-refractivity contribution in [2.24, 2.45) is 5.92 Å². The van der Waals surface area contributed by atoms with Crippen LogP contribution >= 0.6 is 11.8 Å². The van der Waals surface area contributed by atoms with Gasteiger partial charge in [0.2, 0.25) is 0 Å². The molecule has 1 aromatic rings. The van der Waals surface area contributed by atoms with Crippen molar-refractivity contribution in [1.29, 1.82) is 0 Å². The maximum absolute atomic E-state index is 11.9. The third-order valence-corrected chi connectivity index (χ3v) is 4.12. The Labute approximate surface area is 118 Å². The van der Waals surface area contributed by atoms with Gasteiger partial charge in [0.1, 0.15) is 0 Å². The Bertz CT molecular complexity index is 462. The molecule has 0 radical (unpaired) electrons. The van der Waals surface area contributed by atoms with Crippen molar-refractivity contribution >= 4 is 23.3 Å². The molecule has 4 heteroatoms. The van der Waals surface area contributed by atoms with Crippen LogP contribution in [0.3, 0.4) is 0 Å². The van der Waals surface area contributed by atoms with Gasteiger partial charge in [-0.1, -0.05) is 18.9 Å². The number of rotatable bonds is 4. The van der Waals surface area contributed by atoms with Crippen LogP contribution < -0.4 is 0 Å². The maximum atomic E-state index is 11.9. The van der Waals surface area contributed by atoms with E-state index in [1.54, 1.807) is 18.0 Å². The summed E-state index contributed by atoms with van der Waals surface area (Å²) in [7, 11) is 1.43. The number of pyridine rings is 1. The van der Waals surface area contributed by atoms with E-state index in [1.807, 2.05) is 18.4 Å². The van der Waals surface area contributed by atoms with Gasteiger partial charge < -0.3 is 4.74 Å². The van der Waals surface area contributed by atoms with Crippen molar-refractivity contribution in [2.75, 3.05) is 13.4 Å². The molecule has 1 fully saturated rings. The topological polar surface area (TPSA) is 39.2 Å². The van der Waals surface area contributed by atoms with Crippen molar-refractivity contribution in [3.63, 3.8) is 0 Å². The summed E-state index contributed by atoms with van der Waals surface area (Å²) in [5.41, 5.74) is 1.49. The van der Waals surface area contributed by atoms with Crippen LogP contribution in [0.1, 0.15) is 31.2 Å². The summed E-state index contributed by atoms with van der Waals surface area (Å²) >= 11 is 1.59. The molecule has 2 rings (SSSR count). The maximum Gasteiger partial charge on any atom is 0.338 e. The quantitative estimate of drug-likeness (QED) is 0.479. The summed E-state index contributed by atoms with van der Waals surface area (Å²) in [5.74, 6) is 0.222. The fraction of sp³-hybridized carbons (Fsp3) is 0.467. The molecule has 0 spiro atoms. The van der Waals surface area contributed by atoms with Crippen LogP contribution in [0.15, 0.2) is 29.4 Å². The van der Waals surface area contributed by atoms with Gasteiger partial charge in [-0.2, -0.15) is 0 Å². The number of hydrogen-bond donors (Lipinski definition) is 0. The zero-order chi connectivity index (χ0) is 13.7. The third kappa shape index (κ3) is 3.60. The second-order valence-corrected chi connectivity index (χ2v) is 5.53. The van der Waals surface area contributed by atoms with E-state index in [0.29, 0.717) is 11.5 Å². The van der Waals surface area contributed by atoms with Crippen molar-refractivity contribution in [3.05, 3.63) is 30.0 Å². The van der Waals surface area contributed by atoms with Gasteiger partial charge in [0.15, 0.2) is 0 Å². The highest BCUT2D eigenvalue weighted by atomic mass is 32.2. The van der Waals surface area contributed by atoms with E-state index < -0.39 is 0 Å². The van der Waals surface area contributed by atoms with Gasteiger partial charge in [0.05, 0.1) is 17.7 Å². The third-order valence-electron chi connectivity index (χ3n) is 3.46. The number of carbonyl (C=O) groups is 1. The van der Waals surface area contributed by atoms with Crippen molar-refractivity contribution < 1.29 is 9.53 Å². The van der Waals surface area contributed by atoms with E-state index in [0.717, 1.165) is 23.4 Å².